The van der Waals surface area contributed by atoms with E-state index >= 15 is 0 Å². The Hall–Kier alpha value is -2.97. The van der Waals surface area contributed by atoms with Crippen LogP contribution in [0, 0.1) is 0 Å². The van der Waals surface area contributed by atoms with Crippen LogP contribution in [0.3, 0.4) is 0 Å². The average Bonchev–Trinajstić information content (AvgIpc) is 2.62. The standard InChI is InChI=1S/C17H15N3O4S/c21-16(12-20-10-4-3-7-17(20)22)18-19-25(23,24)15-9-8-13-5-1-2-6-14(13)11-15/h1-11,19H,12H2,(H,18,21). The first-order valence-electron chi connectivity index (χ1n) is 7.41. The molecular weight excluding hydrogens is 342 g/mol. The van der Waals surface area contributed by atoms with E-state index in [1.54, 1.807) is 24.3 Å². The second-order valence-corrected chi connectivity index (χ2v) is 7.01. The Morgan fingerprint density at radius 1 is 0.960 bits per heavy atom. The van der Waals surface area contributed by atoms with Gasteiger partial charge in [0.1, 0.15) is 6.54 Å². The molecule has 0 atom stereocenters. The van der Waals surface area contributed by atoms with Gasteiger partial charge in [-0.1, -0.05) is 36.4 Å². The third-order valence-corrected chi connectivity index (χ3v) is 4.81. The number of nitrogens with one attached hydrogen (secondary N) is 2. The zero-order chi connectivity index (χ0) is 17.9. The highest BCUT2D eigenvalue weighted by Crippen LogP contribution is 2.18. The molecule has 2 N–H and O–H groups in total. The maximum Gasteiger partial charge on any atom is 0.257 e. The van der Waals surface area contributed by atoms with Gasteiger partial charge in [0, 0.05) is 12.3 Å². The van der Waals surface area contributed by atoms with Crippen LogP contribution in [0.25, 0.3) is 10.8 Å². The van der Waals surface area contributed by atoms with Gasteiger partial charge in [-0.25, -0.2) is 8.42 Å². The molecule has 0 radical (unpaired) electrons. The SMILES string of the molecule is O=C(Cn1ccccc1=O)NNS(=O)(=O)c1ccc2ccccc2c1. The number of hydrogen-bond donors (Lipinski definition) is 2. The second kappa shape index (κ2) is 6.88. The van der Waals surface area contributed by atoms with Crippen molar-refractivity contribution >= 4 is 26.7 Å². The molecule has 0 unspecified atom stereocenters. The van der Waals surface area contributed by atoms with Crippen molar-refractivity contribution in [3.63, 3.8) is 0 Å². The molecule has 3 aromatic rings. The Morgan fingerprint density at radius 2 is 1.68 bits per heavy atom. The monoisotopic (exact) mass is 357 g/mol. The lowest BCUT2D eigenvalue weighted by molar-refractivity contribution is -0.122. The summed E-state index contributed by atoms with van der Waals surface area (Å²) < 4.78 is 25.8. The summed E-state index contributed by atoms with van der Waals surface area (Å²) >= 11 is 0. The van der Waals surface area contributed by atoms with E-state index in [-0.39, 0.29) is 17.0 Å². The van der Waals surface area contributed by atoms with Gasteiger partial charge in [-0.3, -0.25) is 15.0 Å². The minimum absolute atomic E-state index is 0.0309. The summed E-state index contributed by atoms with van der Waals surface area (Å²) in [6.45, 7) is -0.292. The van der Waals surface area contributed by atoms with Crippen molar-refractivity contribution in [2.24, 2.45) is 0 Å². The lowest BCUT2D eigenvalue weighted by Crippen LogP contribution is -2.44. The first kappa shape index (κ1) is 16.9. The fourth-order valence-corrected chi connectivity index (χ4v) is 3.20. The molecule has 1 heterocycles. The minimum Gasteiger partial charge on any atom is -0.306 e. The molecule has 0 spiro atoms. The smallest absolute Gasteiger partial charge is 0.257 e. The summed E-state index contributed by atoms with van der Waals surface area (Å²) in [5, 5.41) is 1.68. The molecule has 0 aliphatic heterocycles. The fourth-order valence-electron chi connectivity index (χ4n) is 2.30. The van der Waals surface area contributed by atoms with Gasteiger partial charge in [-0.15, -0.1) is 4.83 Å². The van der Waals surface area contributed by atoms with Gasteiger partial charge in [0.2, 0.25) is 0 Å². The molecule has 0 aliphatic carbocycles. The summed E-state index contributed by atoms with van der Waals surface area (Å²) in [6, 6.07) is 16.5. The zero-order valence-electron chi connectivity index (χ0n) is 13.0. The Kier molecular flexibility index (Phi) is 4.64. The van der Waals surface area contributed by atoms with Crippen LogP contribution in [0.2, 0.25) is 0 Å². The predicted octanol–water partition coefficient (Wildman–Crippen LogP) is 1.01. The molecule has 0 fully saturated rings. The highest BCUT2D eigenvalue weighted by molar-refractivity contribution is 7.89. The molecule has 1 aromatic heterocycles. The molecule has 0 saturated carbocycles. The predicted molar refractivity (Wildman–Crippen MR) is 93.1 cm³/mol. The Morgan fingerprint density at radius 3 is 2.44 bits per heavy atom. The summed E-state index contributed by atoms with van der Waals surface area (Å²) in [4.78, 5) is 25.5. The Balaban J connectivity index is 1.71. The number of benzene rings is 2. The number of fused-ring (bicyclic) bond motifs is 1. The summed E-state index contributed by atoms with van der Waals surface area (Å²) in [5.41, 5.74) is 1.76. The van der Waals surface area contributed by atoms with E-state index in [0.29, 0.717) is 0 Å². The number of aromatic nitrogens is 1. The molecule has 1 amide bonds. The third-order valence-electron chi connectivity index (χ3n) is 3.57. The molecule has 3 rings (SSSR count). The number of nitrogens with zero attached hydrogens (tertiary/aromatic N) is 1. The number of rotatable bonds is 5. The summed E-state index contributed by atoms with van der Waals surface area (Å²) in [6.07, 6.45) is 1.44. The first-order valence-corrected chi connectivity index (χ1v) is 8.89. The van der Waals surface area contributed by atoms with Crippen molar-refractivity contribution in [3.05, 3.63) is 77.2 Å². The van der Waals surface area contributed by atoms with E-state index in [9.17, 15) is 18.0 Å². The van der Waals surface area contributed by atoms with Crippen molar-refractivity contribution in [2.75, 3.05) is 0 Å². The van der Waals surface area contributed by atoms with Gasteiger partial charge in [0.15, 0.2) is 0 Å². The number of pyridine rings is 1. The van der Waals surface area contributed by atoms with E-state index in [0.717, 1.165) is 10.8 Å². The Bertz CT molecular complexity index is 1090. The van der Waals surface area contributed by atoms with Crippen molar-refractivity contribution in [3.8, 4) is 0 Å². The van der Waals surface area contributed by atoms with E-state index in [4.69, 9.17) is 0 Å². The van der Waals surface area contributed by atoms with E-state index in [1.807, 2.05) is 23.0 Å². The van der Waals surface area contributed by atoms with Crippen LogP contribution in [0.4, 0.5) is 0 Å². The number of hydrogen-bond acceptors (Lipinski definition) is 4. The number of carbonyl (C=O) groups is 1. The van der Waals surface area contributed by atoms with Crippen molar-refractivity contribution < 1.29 is 13.2 Å². The van der Waals surface area contributed by atoms with E-state index < -0.39 is 15.9 Å². The largest absolute Gasteiger partial charge is 0.306 e. The average molecular weight is 357 g/mol. The van der Waals surface area contributed by atoms with Crippen LogP contribution >= 0.6 is 0 Å². The maximum atomic E-state index is 12.3. The van der Waals surface area contributed by atoms with E-state index in [2.05, 4.69) is 5.43 Å². The van der Waals surface area contributed by atoms with Gasteiger partial charge in [0.25, 0.3) is 21.5 Å². The first-order chi connectivity index (χ1) is 12.0. The summed E-state index contributed by atoms with van der Waals surface area (Å²) in [7, 11) is -3.92. The highest BCUT2D eigenvalue weighted by Gasteiger charge is 2.15. The quantitative estimate of drug-likeness (QED) is 0.666. The van der Waals surface area contributed by atoms with Gasteiger partial charge in [-0.2, -0.15) is 0 Å². The molecule has 0 bridgehead atoms. The number of amides is 1. The van der Waals surface area contributed by atoms with Crippen LogP contribution in [0.15, 0.2) is 76.6 Å². The molecule has 0 saturated heterocycles. The van der Waals surface area contributed by atoms with Gasteiger partial charge < -0.3 is 4.57 Å². The van der Waals surface area contributed by atoms with Crippen molar-refractivity contribution in [1.29, 1.82) is 0 Å². The highest BCUT2D eigenvalue weighted by atomic mass is 32.2. The molecule has 8 heteroatoms. The van der Waals surface area contributed by atoms with Crippen LogP contribution < -0.4 is 15.8 Å². The normalized spacial score (nSPS) is 11.4. The maximum absolute atomic E-state index is 12.3. The van der Waals surface area contributed by atoms with Crippen LogP contribution in [-0.2, 0) is 21.4 Å². The summed E-state index contributed by atoms with van der Waals surface area (Å²) in [5.74, 6) is -0.655. The molecule has 7 nitrogen and oxygen atoms in total. The lowest BCUT2D eigenvalue weighted by atomic mass is 10.1. The van der Waals surface area contributed by atoms with Crippen molar-refractivity contribution in [1.82, 2.24) is 14.8 Å². The fraction of sp³-hybridized carbons (Fsp3) is 0.0588. The van der Waals surface area contributed by atoms with E-state index in [1.165, 1.54) is 29.0 Å². The minimum atomic E-state index is -3.92. The van der Waals surface area contributed by atoms with Gasteiger partial charge >= 0.3 is 0 Å². The number of carbonyl (C=O) groups excluding carboxylic acids is 1. The molecule has 2 aromatic carbocycles. The number of sulfonamides is 1. The third kappa shape index (κ3) is 3.93. The molecule has 0 aliphatic rings. The van der Waals surface area contributed by atoms with Crippen LogP contribution in [0.1, 0.15) is 0 Å². The lowest BCUT2D eigenvalue weighted by Gasteiger charge is -2.10. The molecule has 128 valence electrons. The zero-order valence-corrected chi connectivity index (χ0v) is 13.9. The van der Waals surface area contributed by atoms with Crippen LogP contribution in [-0.4, -0.2) is 18.9 Å². The van der Waals surface area contributed by atoms with Crippen LogP contribution in [0.5, 0.6) is 0 Å². The second-order valence-electron chi connectivity index (χ2n) is 5.33. The topological polar surface area (TPSA) is 97.3 Å². The van der Waals surface area contributed by atoms with Gasteiger partial charge in [0.05, 0.1) is 4.90 Å². The van der Waals surface area contributed by atoms with Gasteiger partial charge in [-0.05, 0) is 29.0 Å². The van der Waals surface area contributed by atoms with Crippen molar-refractivity contribution in [2.45, 2.75) is 11.4 Å². The molecule has 25 heavy (non-hydrogen) atoms. The Labute approximate surface area is 143 Å². The molecular formula is C17H15N3O4S. The number of hydrazine groups is 1.